The summed E-state index contributed by atoms with van der Waals surface area (Å²) in [6.45, 7) is 2.65. The molecule has 0 aliphatic carbocycles. The minimum Gasteiger partial charge on any atom is -0.487 e. The summed E-state index contributed by atoms with van der Waals surface area (Å²) in [4.78, 5) is 4.22. The second-order valence-corrected chi connectivity index (χ2v) is 3.57. The van der Waals surface area contributed by atoms with Crippen LogP contribution in [0.2, 0.25) is 0 Å². The molecular formula is C14H15NO. The fraction of sp³-hybridized carbons (Fsp3) is 0.214. The summed E-state index contributed by atoms with van der Waals surface area (Å²) in [6, 6.07) is 14.0. The number of para-hydroxylation sites is 1. The topological polar surface area (TPSA) is 22.1 Å². The maximum absolute atomic E-state index is 5.75. The van der Waals surface area contributed by atoms with E-state index < -0.39 is 0 Å². The van der Waals surface area contributed by atoms with Gasteiger partial charge in [0.2, 0.25) is 0 Å². The Bertz CT molecular complexity index is 439. The molecule has 0 aliphatic heterocycles. The van der Waals surface area contributed by atoms with Crippen LogP contribution in [0.1, 0.15) is 18.2 Å². The van der Waals surface area contributed by atoms with Crippen molar-refractivity contribution >= 4 is 0 Å². The molecule has 1 aromatic carbocycles. The fourth-order valence-corrected chi connectivity index (χ4v) is 1.57. The zero-order valence-corrected chi connectivity index (χ0v) is 9.39. The third-order valence-electron chi connectivity index (χ3n) is 2.46. The third kappa shape index (κ3) is 2.60. The van der Waals surface area contributed by atoms with E-state index in [-0.39, 0.29) is 0 Å². The van der Waals surface area contributed by atoms with Crippen molar-refractivity contribution in [2.45, 2.75) is 20.0 Å². The van der Waals surface area contributed by atoms with Crippen molar-refractivity contribution in [3.05, 3.63) is 59.9 Å². The first-order chi connectivity index (χ1) is 7.90. The lowest BCUT2D eigenvalue weighted by atomic mass is 10.1. The molecule has 0 N–H and O–H groups in total. The molecule has 2 heteroatoms. The molecule has 0 aliphatic rings. The van der Waals surface area contributed by atoms with Gasteiger partial charge in [0.15, 0.2) is 0 Å². The molecule has 0 radical (unpaired) electrons. The van der Waals surface area contributed by atoms with Crippen molar-refractivity contribution < 1.29 is 4.74 Å². The number of aromatic nitrogens is 1. The molecule has 0 unspecified atom stereocenters. The second-order valence-electron chi connectivity index (χ2n) is 3.57. The van der Waals surface area contributed by atoms with Gasteiger partial charge in [0.25, 0.3) is 0 Å². The van der Waals surface area contributed by atoms with Gasteiger partial charge in [-0.2, -0.15) is 0 Å². The molecule has 0 bridgehead atoms. The van der Waals surface area contributed by atoms with E-state index in [1.165, 1.54) is 5.56 Å². The monoisotopic (exact) mass is 213 g/mol. The minimum absolute atomic E-state index is 0.526. The van der Waals surface area contributed by atoms with Crippen molar-refractivity contribution in [3.8, 4) is 5.75 Å². The highest BCUT2D eigenvalue weighted by Crippen LogP contribution is 2.19. The Morgan fingerprint density at radius 1 is 1.06 bits per heavy atom. The first-order valence-electron chi connectivity index (χ1n) is 5.50. The normalized spacial score (nSPS) is 10.1. The molecule has 2 rings (SSSR count). The lowest BCUT2D eigenvalue weighted by Crippen LogP contribution is -1.99. The van der Waals surface area contributed by atoms with E-state index in [1.807, 2.05) is 36.4 Å². The molecule has 0 spiro atoms. The van der Waals surface area contributed by atoms with Gasteiger partial charge in [0.1, 0.15) is 12.4 Å². The van der Waals surface area contributed by atoms with E-state index in [2.05, 4.69) is 18.0 Å². The van der Waals surface area contributed by atoms with Crippen LogP contribution in [0.3, 0.4) is 0 Å². The number of rotatable bonds is 4. The number of aryl methyl sites for hydroxylation is 1. The number of hydrogen-bond acceptors (Lipinski definition) is 2. The number of benzene rings is 1. The molecular weight excluding hydrogens is 198 g/mol. The summed E-state index contributed by atoms with van der Waals surface area (Å²) >= 11 is 0. The predicted molar refractivity (Wildman–Crippen MR) is 64.4 cm³/mol. The molecule has 82 valence electrons. The van der Waals surface area contributed by atoms with E-state index in [0.29, 0.717) is 6.61 Å². The van der Waals surface area contributed by atoms with Crippen LogP contribution in [0.5, 0.6) is 5.75 Å². The van der Waals surface area contributed by atoms with Gasteiger partial charge in [-0.05, 0) is 30.2 Å². The Hall–Kier alpha value is -1.83. The van der Waals surface area contributed by atoms with Gasteiger partial charge in [-0.25, -0.2) is 0 Å². The quantitative estimate of drug-likeness (QED) is 0.778. The fourth-order valence-electron chi connectivity index (χ4n) is 1.57. The summed E-state index contributed by atoms with van der Waals surface area (Å²) < 4.78 is 5.75. The van der Waals surface area contributed by atoms with Gasteiger partial charge >= 0.3 is 0 Å². The highest BCUT2D eigenvalue weighted by Gasteiger charge is 2.01. The lowest BCUT2D eigenvalue weighted by molar-refractivity contribution is 0.298. The summed E-state index contributed by atoms with van der Waals surface area (Å²) in [5.41, 5.74) is 2.19. The number of ether oxygens (including phenoxy) is 1. The van der Waals surface area contributed by atoms with Crippen LogP contribution in [0.4, 0.5) is 0 Å². The van der Waals surface area contributed by atoms with Crippen LogP contribution >= 0.6 is 0 Å². The largest absolute Gasteiger partial charge is 0.487 e. The average Bonchev–Trinajstić information content (AvgIpc) is 2.38. The van der Waals surface area contributed by atoms with Crippen LogP contribution in [-0.2, 0) is 13.0 Å². The van der Waals surface area contributed by atoms with Crippen molar-refractivity contribution in [3.63, 3.8) is 0 Å². The molecule has 0 fully saturated rings. The zero-order chi connectivity index (χ0) is 11.2. The first kappa shape index (κ1) is 10.7. The van der Waals surface area contributed by atoms with Crippen LogP contribution < -0.4 is 4.74 Å². The Kier molecular flexibility index (Phi) is 3.54. The van der Waals surface area contributed by atoms with Gasteiger partial charge in [-0.1, -0.05) is 31.2 Å². The maximum atomic E-state index is 5.75. The van der Waals surface area contributed by atoms with E-state index in [1.54, 1.807) is 6.20 Å². The maximum Gasteiger partial charge on any atom is 0.130 e. The van der Waals surface area contributed by atoms with Crippen molar-refractivity contribution in [2.24, 2.45) is 0 Å². The van der Waals surface area contributed by atoms with E-state index >= 15 is 0 Å². The van der Waals surface area contributed by atoms with E-state index in [9.17, 15) is 0 Å². The Labute approximate surface area is 95.9 Å². The van der Waals surface area contributed by atoms with Gasteiger partial charge < -0.3 is 4.74 Å². The van der Waals surface area contributed by atoms with Crippen LogP contribution in [0, 0.1) is 0 Å². The molecule has 0 atom stereocenters. The minimum atomic E-state index is 0.526. The Morgan fingerprint density at radius 2 is 1.88 bits per heavy atom. The summed E-state index contributed by atoms with van der Waals surface area (Å²) in [6.07, 6.45) is 2.77. The number of pyridine rings is 1. The third-order valence-corrected chi connectivity index (χ3v) is 2.46. The molecule has 0 saturated heterocycles. The van der Waals surface area contributed by atoms with Gasteiger partial charge in [-0.3, -0.25) is 4.98 Å². The van der Waals surface area contributed by atoms with Crippen molar-refractivity contribution in [1.29, 1.82) is 0 Å². The van der Waals surface area contributed by atoms with Gasteiger partial charge in [0.05, 0.1) is 5.69 Å². The highest BCUT2D eigenvalue weighted by molar-refractivity contribution is 5.33. The predicted octanol–water partition coefficient (Wildman–Crippen LogP) is 3.22. The van der Waals surface area contributed by atoms with E-state index in [4.69, 9.17) is 4.74 Å². The number of hydrogen-bond donors (Lipinski definition) is 0. The van der Waals surface area contributed by atoms with Crippen LogP contribution in [0.25, 0.3) is 0 Å². The lowest BCUT2D eigenvalue weighted by Gasteiger charge is -2.09. The molecule has 16 heavy (non-hydrogen) atoms. The molecule has 2 aromatic rings. The summed E-state index contributed by atoms with van der Waals surface area (Å²) in [5.74, 6) is 0.954. The van der Waals surface area contributed by atoms with Crippen molar-refractivity contribution in [1.82, 2.24) is 4.98 Å². The zero-order valence-electron chi connectivity index (χ0n) is 9.39. The first-order valence-corrected chi connectivity index (χ1v) is 5.50. The second kappa shape index (κ2) is 5.31. The number of nitrogens with zero attached hydrogens (tertiary/aromatic N) is 1. The van der Waals surface area contributed by atoms with Crippen molar-refractivity contribution in [2.75, 3.05) is 0 Å². The molecule has 1 aromatic heterocycles. The Morgan fingerprint density at radius 3 is 2.62 bits per heavy atom. The SMILES string of the molecule is CCc1ccccc1OCc1ccccn1. The van der Waals surface area contributed by atoms with E-state index in [0.717, 1.165) is 17.9 Å². The molecule has 0 saturated carbocycles. The highest BCUT2D eigenvalue weighted by atomic mass is 16.5. The van der Waals surface area contributed by atoms with Gasteiger partial charge in [0, 0.05) is 6.20 Å². The van der Waals surface area contributed by atoms with Crippen LogP contribution in [0.15, 0.2) is 48.7 Å². The summed E-state index contributed by atoms with van der Waals surface area (Å²) in [7, 11) is 0. The Balaban J connectivity index is 2.05. The molecule has 1 heterocycles. The smallest absolute Gasteiger partial charge is 0.130 e. The average molecular weight is 213 g/mol. The molecule has 0 amide bonds. The van der Waals surface area contributed by atoms with Gasteiger partial charge in [-0.15, -0.1) is 0 Å². The molecule has 2 nitrogen and oxygen atoms in total. The van der Waals surface area contributed by atoms with Crippen LogP contribution in [-0.4, -0.2) is 4.98 Å². The standard InChI is InChI=1S/C14H15NO/c1-2-12-7-3-4-9-14(12)16-11-13-8-5-6-10-15-13/h3-10H,2,11H2,1H3. The summed E-state index contributed by atoms with van der Waals surface area (Å²) in [5, 5.41) is 0.